The Morgan fingerprint density at radius 1 is 1.28 bits per heavy atom. The highest BCUT2D eigenvalue weighted by atomic mass is 32.1. The van der Waals surface area contributed by atoms with Crippen LogP contribution in [0, 0.1) is 0 Å². The molecule has 160 valence electrons. The first-order chi connectivity index (χ1) is 14.1. The molecule has 1 aromatic heterocycles. The van der Waals surface area contributed by atoms with E-state index < -0.39 is 0 Å². The molecule has 1 heterocycles. The zero-order chi connectivity index (χ0) is 21.1. The van der Waals surface area contributed by atoms with Crippen molar-refractivity contribution in [2.45, 2.75) is 33.0 Å². The molecule has 2 aromatic rings. The Morgan fingerprint density at radius 2 is 2.03 bits per heavy atom. The van der Waals surface area contributed by atoms with Crippen molar-refractivity contribution in [1.82, 2.24) is 15.2 Å². The van der Waals surface area contributed by atoms with Crippen molar-refractivity contribution in [3.8, 4) is 0 Å². The van der Waals surface area contributed by atoms with Crippen molar-refractivity contribution in [2.75, 3.05) is 46.3 Å². The third-order valence-corrected chi connectivity index (χ3v) is 5.42. The normalized spacial score (nSPS) is 12.7. The predicted octanol–water partition coefficient (Wildman–Crippen LogP) is 3.51. The highest BCUT2D eigenvalue weighted by Gasteiger charge is 2.12. The smallest absolute Gasteiger partial charge is 0.194 e. The van der Waals surface area contributed by atoms with E-state index in [1.165, 1.54) is 0 Å². The number of nitrogens with zero attached hydrogens (tertiary/aromatic N) is 3. The molecule has 0 aliphatic rings. The van der Waals surface area contributed by atoms with E-state index in [0.29, 0.717) is 19.7 Å². The molecule has 0 saturated carbocycles. The zero-order valence-corrected chi connectivity index (χ0v) is 18.9. The summed E-state index contributed by atoms with van der Waals surface area (Å²) >= 11 is 1.63. The van der Waals surface area contributed by atoms with E-state index in [1.807, 2.05) is 14.0 Å². The van der Waals surface area contributed by atoms with Crippen LogP contribution in [0.5, 0.6) is 0 Å². The lowest BCUT2D eigenvalue weighted by molar-refractivity contribution is 0.119. The van der Waals surface area contributed by atoms with Crippen LogP contribution in [0.15, 0.2) is 34.6 Å². The highest BCUT2D eigenvalue weighted by molar-refractivity contribution is 7.09. The summed E-state index contributed by atoms with van der Waals surface area (Å²) in [5.74, 6) is 0.865. The van der Waals surface area contributed by atoms with E-state index in [4.69, 9.17) is 14.5 Å². The van der Waals surface area contributed by atoms with Crippen molar-refractivity contribution >= 4 is 23.0 Å². The number of methoxy groups -OCH3 is 2. The lowest BCUT2D eigenvalue weighted by Gasteiger charge is -2.21. The van der Waals surface area contributed by atoms with Gasteiger partial charge in [0, 0.05) is 45.4 Å². The molecule has 29 heavy (non-hydrogen) atoms. The summed E-state index contributed by atoms with van der Waals surface area (Å²) < 4.78 is 10.4. The van der Waals surface area contributed by atoms with E-state index in [-0.39, 0.29) is 6.10 Å². The Hall–Kier alpha value is -2.16. The summed E-state index contributed by atoms with van der Waals surface area (Å²) in [6.07, 6.45) is 0.0212. The first-order valence-electron chi connectivity index (χ1n) is 9.85. The van der Waals surface area contributed by atoms with Gasteiger partial charge in [-0.15, -0.1) is 11.3 Å². The first kappa shape index (κ1) is 23.1. The minimum atomic E-state index is 0.0212. The average Bonchev–Trinajstić information content (AvgIpc) is 3.20. The van der Waals surface area contributed by atoms with E-state index in [2.05, 4.69) is 57.1 Å². The van der Waals surface area contributed by atoms with Gasteiger partial charge in [-0.1, -0.05) is 12.1 Å². The molecule has 1 unspecified atom stereocenters. The number of rotatable bonds is 11. The quantitative estimate of drug-likeness (QED) is 0.330. The first-order valence-corrected chi connectivity index (χ1v) is 10.7. The Kier molecular flexibility index (Phi) is 9.90. The van der Waals surface area contributed by atoms with Crippen LogP contribution in [-0.2, 0) is 22.6 Å². The standard InChI is InChI=1S/C21H33N5O2S/c1-6-22-21(26(3)14-19-15-29-20(25-19)16(2)28-5)24-13-17-7-9-18(10-8-17)23-11-12-27-4/h7-10,15-16,23H,6,11-14H2,1-5H3,(H,22,24). The second-order valence-electron chi connectivity index (χ2n) is 6.70. The average molecular weight is 420 g/mol. The maximum Gasteiger partial charge on any atom is 0.194 e. The van der Waals surface area contributed by atoms with E-state index in [9.17, 15) is 0 Å². The third-order valence-electron chi connectivity index (χ3n) is 4.37. The molecular formula is C21H33N5O2S. The number of thiazole rings is 1. The van der Waals surface area contributed by atoms with Crippen LogP contribution in [0.4, 0.5) is 5.69 Å². The monoisotopic (exact) mass is 419 g/mol. The molecule has 7 nitrogen and oxygen atoms in total. The Labute approximate surface area is 178 Å². The molecule has 0 fully saturated rings. The van der Waals surface area contributed by atoms with Gasteiger partial charge < -0.3 is 25.0 Å². The minimum Gasteiger partial charge on any atom is -0.383 e. The minimum absolute atomic E-state index is 0.0212. The van der Waals surface area contributed by atoms with E-state index >= 15 is 0 Å². The van der Waals surface area contributed by atoms with Gasteiger partial charge in [-0.3, -0.25) is 0 Å². The second kappa shape index (κ2) is 12.4. The highest BCUT2D eigenvalue weighted by Crippen LogP contribution is 2.21. The van der Waals surface area contributed by atoms with Crippen molar-refractivity contribution < 1.29 is 9.47 Å². The van der Waals surface area contributed by atoms with E-state index in [0.717, 1.165) is 41.0 Å². The van der Waals surface area contributed by atoms with Crippen LogP contribution in [-0.4, -0.2) is 56.8 Å². The summed E-state index contributed by atoms with van der Waals surface area (Å²) in [6, 6.07) is 8.35. The second-order valence-corrected chi connectivity index (χ2v) is 7.59. The van der Waals surface area contributed by atoms with Gasteiger partial charge in [0.25, 0.3) is 0 Å². The van der Waals surface area contributed by atoms with Gasteiger partial charge in [0.05, 0.1) is 25.4 Å². The van der Waals surface area contributed by atoms with Gasteiger partial charge in [-0.05, 0) is 31.5 Å². The Balaban J connectivity index is 1.96. The number of ether oxygens (including phenoxy) is 2. The molecular weight excluding hydrogens is 386 g/mol. The fourth-order valence-corrected chi connectivity index (χ4v) is 3.50. The number of anilines is 1. The van der Waals surface area contributed by atoms with Crippen molar-refractivity contribution in [1.29, 1.82) is 0 Å². The van der Waals surface area contributed by atoms with Crippen LogP contribution in [0.25, 0.3) is 0 Å². The molecule has 0 saturated heterocycles. The van der Waals surface area contributed by atoms with Crippen LogP contribution in [0.1, 0.15) is 36.2 Å². The molecule has 1 aromatic carbocycles. The molecule has 0 spiro atoms. The molecule has 2 rings (SSSR count). The summed E-state index contributed by atoms with van der Waals surface area (Å²) in [4.78, 5) is 11.6. The fraction of sp³-hybridized carbons (Fsp3) is 0.524. The van der Waals surface area contributed by atoms with Gasteiger partial charge in [0.1, 0.15) is 11.1 Å². The SMILES string of the molecule is CCNC(=NCc1ccc(NCCOC)cc1)N(C)Cc1csc(C(C)OC)n1. The summed E-state index contributed by atoms with van der Waals surface area (Å²) in [6.45, 7) is 7.70. The van der Waals surface area contributed by atoms with Crippen LogP contribution < -0.4 is 10.6 Å². The number of guanidine groups is 1. The van der Waals surface area contributed by atoms with E-state index in [1.54, 1.807) is 25.6 Å². The molecule has 0 aliphatic carbocycles. The fourth-order valence-electron chi connectivity index (χ4n) is 2.66. The number of nitrogens with one attached hydrogen (secondary N) is 2. The van der Waals surface area contributed by atoms with Gasteiger partial charge in [-0.25, -0.2) is 9.98 Å². The number of aliphatic imine (C=N–C) groups is 1. The Morgan fingerprint density at radius 3 is 2.69 bits per heavy atom. The number of hydrogen-bond acceptors (Lipinski definition) is 6. The third kappa shape index (κ3) is 7.64. The topological polar surface area (TPSA) is 71.0 Å². The molecule has 1 atom stereocenters. The zero-order valence-electron chi connectivity index (χ0n) is 18.1. The number of benzene rings is 1. The number of aromatic nitrogens is 1. The van der Waals surface area contributed by atoms with Crippen molar-refractivity contribution in [2.24, 2.45) is 4.99 Å². The maximum absolute atomic E-state index is 5.35. The van der Waals surface area contributed by atoms with Gasteiger partial charge >= 0.3 is 0 Å². The predicted molar refractivity (Wildman–Crippen MR) is 121 cm³/mol. The molecule has 0 bridgehead atoms. The Bertz CT molecular complexity index is 748. The summed E-state index contributed by atoms with van der Waals surface area (Å²) in [5.41, 5.74) is 3.27. The number of hydrogen-bond donors (Lipinski definition) is 2. The van der Waals surface area contributed by atoms with Crippen molar-refractivity contribution in [3.63, 3.8) is 0 Å². The maximum atomic E-state index is 5.35. The van der Waals surface area contributed by atoms with Gasteiger partial charge in [-0.2, -0.15) is 0 Å². The summed E-state index contributed by atoms with van der Waals surface area (Å²) in [7, 11) is 5.44. The van der Waals surface area contributed by atoms with Crippen LogP contribution in [0.2, 0.25) is 0 Å². The molecule has 8 heteroatoms. The molecule has 0 amide bonds. The summed E-state index contributed by atoms with van der Waals surface area (Å²) in [5, 5.41) is 9.76. The van der Waals surface area contributed by atoms with Crippen molar-refractivity contribution in [3.05, 3.63) is 45.9 Å². The largest absolute Gasteiger partial charge is 0.383 e. The van der Waals surface area contributed by atoms with Gasteiger partial charge in [0.2, 0.25) is 0 Å². The molecule has 2 N–H and O–H groups in total. The lowest BCUT2D eigenvalue weighted by Crippen LogP contribution is -2.38. The van der Waals surface area contributed by atoms with Gasteiger partial charge in [0.15, 0.2) is 5.96 Å². The van der Waals surface area contributed by atoms with Crippen LogP contribution in [0.3, 0.4) is 0 Å². The van der Waals surface area contributed by atoms with Crippen LogP contribution >= 0.6 is 11.3 Å². The molecule has 0 aliphatic heterocycles. The molecule has 0 radical (unpaired) electrons. The lowest BCUT2D eigenvalue weighted by atomic mass is 10.2.